The number of aryl methyl sites for hydroxylation is 2. The van der Waals surface area contributed by atoms with Crippen LogP contribution in [0.5, 0.6) is 0 Å². The molecule has 112 valence electrons. The molecule has 0 bridgehead atoms. The molecule has 1 atom stereocenters. The number of pyridine rings is 1. The normalized spacial score (nSPS) is 12.2. The summed E-state index contributed by atoms with van der Waals surface area (Å²) < 4.78 is 1.50. The van der Waals surface area contributed by atoms with Crippen LogP contribution in [0.1, 0.15) is 45.3 Å². The fourth-order valence-electron chi connectivity index (χ4n) is 2.05. The third-order valence-electron chi connectivity index (χ3n) is 3.57. The Kier molecular flexibility index (Phi) is 4.27. The van der Waals surface area contributed by atoms with Crippen molar-refractivity contribution in [2.75, 3.05) is 0 Å². The van der Waals surface area contributed by atoms with Crippen molar-refractivity contribution in [3.63, 3.8) is 0 Å². The molecular weight excluding hydrogens is 286 g/mol. The van der Waals surface area contributed by atoms with Gasteiger partial charge in [-0.3, -0.25) is 9.59 Å². The Balaban J connectivity index is 2.27. The fourth-order valence-corrected chi connectivity index (χ4v) is 2.85. The van der Waals surface area contributed by atoms with Gasteiger partial charge in [-0.15, -0.1) is 11.3 Å². The third-order valence-corrected chi connectivity index (χ3v) is 4.71. The summed E-state index contributed by atoms with van der Waals surface area (Å²) in [7, 11) is 1.68. The number of nitrogens with one attached hydrogen (secondary N) is 1. The van der Waals surface area contributed by atoms with E-state index in [0.717, 1.165) is 22.0 Å². The highest BCUT2D eigenvalue weighted by molar-refractivity contribution is 7.09. The van der Waals surface area contributed by atoms with Crippen LogP contribution < -0.4 is 10.9 Å². The van der Waals surface area contributed by atoms with Crippen molar-refractivity contribution in [2.45, 2.75) is 33.7 Å². The first kappa shape index (κ1) is 15.4. The molecule has 0 aliphatic rings. The van der Waals surface area contributed by atoms with Gasteiger partial charge in [0.2, 0.25) is 0 Å². The van der Waals surface area contributed by atoms with Gasteiger partial charge in [0.05, 0.1) is 6.04 Å². The summed E-state index contributed by atoms with van der Waals surface area (Å²) in [5.74, 6) is -0.362. The molecule has 0 saturated carbocycles. The lowest BCUT2D eigenvalue weighted by Crippen LogP contribution is -2.34. The van der Waals surface area contributed by atoms with E-state index >= 15 is 0 Å². The minimum atomic E-state index is -0.362. The van der Waals surface area contributed by atoms with Crippen molar-refractivity contribution >= 4 is 17.2 Å². The number of carbonyl (C=O) groups is 1. The van der Waals surface area contributed by atoms with Crippen LogP contribution in [0.4, 0.5) is 0 Å². The second-order valence-corrected chi connectivity index (χ2v) is 6.10. The smallest absolute Gasteiger partial charge is 0.263 e. The summed E-state index contributed by atoms with van der Waals surface area (Å²) in [4.78, 5) is 28.9. The van der Waals surface area contributed by atoms with Gasteiger partial charge in [0.1, 0.15) is 10.6 Å². The Morgan fingerprint density at radius 2 is 2.05 bits per heavy atom. The molecule has 2 aromatic rings. The van der Waals surface area contributed by atoms with Crippen LogP contribution in [0, 0.1) is 20.8 Å². The van der Waals surface area contributed by atoms with E-state index in [0.29, 0.717) is 0 Å². The Hall–Kier alpha value is -1.95. The largest absolute Gasteiger partial charge is 0.343 e. The van der Waals surface area contributed by atoms with Gasteiger partial charge in [-0.2, -0.15) is 0 Å². The van der Waals surface area contributed by atoms with E-state index in [-0.39, 0.29) is 23.1 Å². The summed E-state index contributed by atoms with van der Waals surface area (Å²) >= 11 is 1.50. The van der Waals surface area contributed by atoms with E-state index < -0.39 is 0 Å². The summed E-state index contributed by atoms with van der Waals surface area (Å²) in [5, 5.41) is 5.61. The number of amides is 1. The minimum absolute atomic E-state index is 0.167. The minimum Gasteiger partial charge on any atom is -0.343 e. The summed E-state index contributed by atoms with van der Waals surface area (Å²) in [5.41, 5.74) is 2.59. The van der Waals surface area contributed by atoms with Crippen LogP contribution in [0.3, 0.4) is 0 Å². The zero-order valence-electron chi connectivity index (χ0n) is 12.9. The summed E-state index contributed by atoms with van der Waals surface area (Å²) in [6.45, 7) is 7.52. The summed E-state index contributed by atoms with van der Waals surface area (Å²) in [6, 6.07) is 1.43. The Bertz CT molecular complexity index is 746. The quantitative estimate of drug-likeness (QED) is 0.946. The number of rotatable bonds is 3. The lowest BCUT2D eigenvalue weighted by atomic mass is 10.1. The predicted octanol–water partition coefficient (Wildman–Crippen LogP) is 2.26. The zero-order chi connectivity index (χ0) is 15.7. The van der Waals surface area contributed by atoms with E-state index in [1.54, 1.807) is 13.1 Å². The van der Waals surface area contributed by atoms with Crippen LogP contribution in [0.15, 0.2) is 16.2 Å². The van der Waals surface area contributed by atoms with Crippen LogP contribution in [0.25, 0.3) is 0 Å². The van der Waals surface area contributed by atoms with Crippen molar-refractivity contribution in [1.82, 2.24) is 14.9 Å². The molecule has 0 saturated heterocycles. The molecule has 21 heavy (non-hydrogen) atoms. The number of aromatic nitrogens is 2. The lowest BCUT2D eigenvalue weighted by molar-refractivity contribution is 0.0937. The van der Waals surface area contributed by atoms with Gasteiger partial charge in [-0.05, 0) is 39.3 Å². The molecule has 0 aromatic carbocycles. The Morgan fingerprint density at radius 3 is 2.62 bits per heavy atom. The van der Waals surface area contributed by atoms with E-state index in [1.165, 1.54) is 15.9 Å². The number of hydrogen-bond donors (Lipinski definition) is 1. The Morgan fingerprint density at radius 1 is 1.38 bits per heavy atom. The molecule has 1 N–H and O–H groups in total. The molecule has 1 amide bonds. The molecule has 0 fully saturated rings. The van der Waals surface area contributed by atoms with Gasteiger partial charge in [-0.1, -0.05) is 0 Å². The highest BCUT2D eigenvalue weighted by atomic mass is 32.1. The Labute approximate surface area is 127 Å². The fraction of sp³-hybridized carbons (Fsp3) is 0.400. The lowest BCUT2D eigenvalue weighted by Gasteiger charge is -2.13. The monoisotopic (exact) mass is 305 g/mol. The molecule has 0 radical (unpaired) electrons. The molecule has 5 nitrogen and oxygen atoms in total. The maximum atomic E-state index is 12.3. The van der Waals surface area contributed by atoms with Crippen molar-refractivity contribution in [2.24, 2.45) is 7.05 Å². The second kappa shape index (κ2) is 5.81. The summed E-state index contributed by atoms with van der Waals surface area (Å²) in [6.07, 6.45) is 0. The van der Waals surface area contributed by atoms with Gasteiger partial charge in [0.25, 0.3) is 11.5 Å². The highest BCUT2D eigenvalue weighted by Crippen LogP contribution is 2.17. The standard InChI is InChI=1S/C15H19N3O2S/c1-8-6-12(15(20)18(5)11(8)4)13(19)17-10(3)14-16-9(2)7-21-14/h6-7,10H,1-5H3,(H,17,19). The van der Waals surface area contributed by atoms with Gasteiger partial charge in [0.15, 0.2) is 0 Å². The van der Waals surface area contributed by atoms with Gasteiger partial charge >= 0.3 is 0 Å². The topological polar surface area (TPSA) is 64.0 Å². The molecule has 2 aromatic heterocycles. The van der Waals surface area contributed by atoms with Crippen LogP contribution >= 0.6 is 11.3 Å². The molecular formula is C15H19N3O2S. The first-order chi connectivity index (χ1) is 9.81. The van der Waals surface area contributed by atoms with E-state index in [1.807, 2.05) is 33.1 Å². The van der Waals surface area contributed by atoms with E-state index in [2.05, 4.69) is 10.3 Å². The molecule has 2 rings (SSSR count). The van der Waals surface area contributed by atoms with Gasteiger partial charge < -0.3 is 9.88 Å². The first-order valence-electron chi connectivity index (χ1n) is 6.71. The first-order valence-corrected chi connectivity index (χ1v) is 7.59. The van der Waals surface area contributed by atoms with Gasteiger partial charge in [-0.25, -0.2) is 4.98 Å². The number of nitrogens with zero attached hydrogens (tertiary/aromatic N) is 2. The molecule has 6 heteroatoms. The third kappa shape index (κ3) is 3.05. The van der Waals surface area contributed by atoms with Crippen LogP contribution in [-0.4, -0.2) is 15.5 Å². The van der Waals surface area contributed by atoms with Crippen molar-refractivity contribution < 1.29 is 4.79 Å². The molecule has 1 unspecified atom stereocenters. The van der Waals surface area contributed by atoms with Crippen molar-refractivity contribution in [1.29, 1.82) is 0 Å². The number of thiazole rings is 1. The maximum absolute atomic E-state index is 12.3. The van der Waals surface area contributed by atoms with Crippen molar-refractivity contribution in [3.05, 3.63) is 49.3 Å². The van der Waals surface area contributed by atoms with Gasteiger partial charge in [0, 0.05) is 23.8 Å². The average molecular weight is 305 g/mol. The van der Waals surface area contributed by atoms with Crippen LogP contribution in [0.2, 0.25) is 0 Å². The van der Waals surface area contributed by atoms with Crippen LogP contribution in [-0.2, 0) is 7.05 Å². The molecule has 0 spiro atoms. The SMILES string of the molecule is Cc1csc(C(C)NC(=O)c2cc(C)c(C)n(C)c2=O)n1. The maximum Gasteiger partial charge on any atom is 0.263 e. The van der Waals surface area contributed by atoms with Crippen molar-refractivity contribution in [3.8, 4) is 0 Å². The predicted molar refractivity (Wildman–Crippen MR) is 83.9 cm³/mol. The average Bonchev–Trinajstić information content (AvgIpc) is 2.87. The van der Waals surface area contributed by atoms with E-state index in [9.17, 15) is 9.59 Å². The number of hydrogen-bond acceptors (Lipinski definition) is 4. The van der Waals surface area contributed by atoms with E-state index in [4.69, 9.17) is 0 Å². The molecule has 2 heterocycles. The molecule has 0 aliphatic heterocycles. The molecule has 0 aliphatic carbocycles. The highest BCUT2D eigenvalue weighted by Gasteiger charge is 2.18. The zero-order valence-corrected chi connectivity index (χ0v) is 13.7. The number of carbonyl (C=O) groups excluding carboxylic acids is 1. The second-order valence-electron chi connectivity index (χ2n) is 5.21.